The third kappa shape index (κ3) is 2.75. The molecule has 2 heterocycles. The number of piperidine rings is 1. The summed E-state index contributed by atoms with van der Waals surface area (Å²) in [5.74, 6) is 0.859. The lowest BCUT2D eigenvalue weighted by molar-refractivity contribution is 0.398. The van der Waals surface area contributed by atoms with E-state index in [4.69, 9.17) is 17.3 Å². The zero-order valence-corrected chi connectivity index (χ0v) is 12.2. The normalized spacial score (nSPS) is 25.1. The summed E-state index contributed by atoms with van der Waals surface area (Å²) in [5.41, 5.74) is 5.85. The van der Waals surface area contributed by atoms with Crippen molar-refractivity contribution in [2.75, 3.05) is 11.4 Å². The number of hydrogen-bond donors (Lipinski definition) is 1. The summed E-state index contributed by atoms with van der Waals surface area (Å²) in [6, 6.07) is 2.69. The largest absolute Gasteiger partial charge is 0.348 e. The van der Waals surface area contributed by atoms with Crippen molar-refractivity contribution >= 4 is 33.3 Å². The molecule has 1 aliphatic heterocycles. The molecule has 0 spiro atoms. The second-order valence-corrected chi connectivity index (χ2v) is 5.86. The minimum Gasteiger partial charge on any atom is -0.348 e. The Morgan fingerprint density at radius 3 is 3.00 bits per heavy atom. The predicted molar refractivity (Wildman–Crippen MR) is 75.6 cm³/mol. The van der Waals surface area contributed by atoms with Crippen LogP contribution in [0.15, 0.2) is 16.7 Å². The Labute approximate surface area is 115 Å². The Hall–Kier alpha value is -0.320. The van der Waals surface area contributed by atoms with Crippen molar-refractivity contribution in [2.24, 2.45) is 5.73 Å². The van der Waals surface area contributed by atoms with E-state index in [0.29, 0.717) is 23.7 Å². The molecule has 0 aromatic carbocycles. The van der Waals surface area contributed by atoms with Gasteiger partial charge >= 0.3 is 0 Å². The van der Waals surface area contributed by atoms with Gasteiger partial charge in [0.05, 0.1) is 5.02 Å². The van der Waals surface area contributed by atoms with Crippen LogP contribution in [0.25, 0.3) is 0 Å². The van der Waals surface area contributed by atoms with Crippen LogP contribution < -0.4 is 10.6 Å². The van der Waals surface area contributed by atoms with Gasteiger partial charge in [-0.25, -0.2) is 4.98 Å². The summed E-state index contributed by atoms with van der Waals surface area (Å²) in [4.78, 5) is 6.72. The van der Waals surface area contributed by atoms with Gasteiger partial charge in [-0.1, -0.05) is 11.6 Å². The van der Waals surface area contributed by atoms with Gasteiger partial charge in [0.25, 0.3) is 0 Å². The average molecular weight is 319 g/mol. The molecule has 1 saturated heterocycles. The maximum absolute atomic E-state index is 6.28. The van der Waals surface area contributed by atoms with Gasteiger partial charge in [0.2, 0.25) is 0 Å². The van der Waals surface area contributed by atoms with Gasteiger partial charge in [-0.05, 0) is 48.2 Å². The molecule has 0 saturated carbocycles. The number of pyridine rings is 1. The zero-order chi connectivity index (χ0) is 12.4. The van der Waals surface area contributed by atoms with Crippen LogP contribution in [0.3, 0.4) is 0 Å². The number of aromatic nitrogens is 1. The van der Waals surface area contributed by atoms with Crippen molar-refractivity contribution < 1.29 is 0 Å². The highest BCUT2D eigenvalue weighted by molar-refractivity contribution is 9.10. The van der Waals surface area contributed by atoms with Crippen LogP contribution >= 0.6 is 27.5 Å². The Morgan fingerprint density at radius 2 is 2.35 bits per heavy atom. The highest BCUT2D eigenvalue weighted by atomic mass is 79.9. The molecule has 17 heavy (non-hydrogen) atoms. The summed E-state index contributed by atoms with van der Waals surface area (Å²) in [6.45, 7) is 2.86. The fourth-order valence-corrected chi connectivity index (χ4v) is 3.22. The van der Waals surface area contributed by atoms with E-state index in [-0.39, 0.29) is 0 Å². The standard InChI is InChI=1S/C12H17BrClN3/c1-8-3-2-4-10(6-15)17(8)12-11(14)5-9(13)7-16-12/h5,7-8,10H,2-4,6,15H2,1H3. The van der Waals surface area contributed by atoms with E-state index in [1.54, 1.807) is 6.20 Å². The van der Waals surface area contributed by atoms with Crippen molar-refractivity contribution in [3.05, 3.63) is 21.8 Å². The lowest BCUT2D eigenvalue weighted by Crippen LogP contribution is -2.49. The molecule has 1 aromatic rings. The Kier molecular flexibility index (Phi) is 4.28. The van der Waals surface area contributed by atoms with Gasteiger partial charge in [-0.3, -0.25) is 0 Å². The molecule has 0 radical (unpaired) electrons. The van der Waals surface area contributed by atoms with Gasteiger partial charge in [0, 0.05) is 29.3 Å². The quantitative estimate of drug-likeness (QED) is 0.910. The van der Waals surface area contributed by atoms with Gasteiger partial charge < -0.3 is 10.6 Å². The summed E-state index contributed by atoms with van der Waals surface area (Å²) in [6.07, 6.45) is 5.31. The molecular weight excluding hydrogens is 302 g/mol. The molecule has 0 amide bonds. The first-order valence-electron chi connectivity index (χ1n) is 5.93. The fourth-order valence-electron chi connectivity index (χ4n) is 2.50. The van der Waals surface area contributed by atoms with Crippen LogP contribution in [0.4, 0.5) is 5.82 Å². The molecule has 2 rings (SSSR count). The topological polar surface area (TPSA) is 42.1 Å². The highest BCUT2D eigenvalue weighted by Gasteiger charge is 2.29. The van der Waals surface area contributed by atoms with E-state index >= 15 is 0 Å². The van der Waals surface area contributed by atoms with Gasteiger partial charge in [0.1, 0.15) is 5.82 Å². The van der Waals surface area contributed by atoms with E-state index in [1.807, 2.05) is 6.07 Å². The van der Waals surface area contributed by atoms with Crippen LogP contribution in [0.1, 0.15) is 26.2 Å². The van der Waals surface area contributed by atoms with E-state index in [9.17, 15) is 0 Å². The van der Waals surface area contributed by atoms with Crippen molar-refractivity contribution in [3.8, 4) is 0 Å². The predicted octanol–water partition coefficient (Wildman–Crippen LogP) is 3.20. The summed E-state index contributed by atoms with van der Waals surface area (Å²) in [7, 11) is 0. The van der Waals surface area contributed by atoms with E-state index in [1.165, 1.54) is 12.8 Å². The molecular formula is C12H17BrClN3. The maximum atomic E-state index is 6.28. The van der Waals surface area contributed by atoms with Gasteiger partial charge in [-0.15, -0.1) is 0 Å². The molecule has 2 unspecified atom stereocenters. The molecule has 1 aliphatic rings. The monoisotopic (exact) mass is 317 g/mol. The summed E-state index contributed by atoms with van der Waals surface area (Å²) >= 11 is 9.65. The van der Waals surface area contributed by atoms with Crippen LogP contribution in [-0.4, -0.2) is 23.6 Å². The second-order valence-electron chi connectivity index (χ2n) is 4.54. The number of rotatable bonds is 2. The molecule has 3 nitrogen and oxygen atoms in total. The molecule has 94 valence electrons. The Balaban J connectivity index is 2.34. The van der Waals surface area contributed by atoms with Crippen molar-refractivity contribution in [1.82, 2.24) is 4.98 Å². The number of anilines is 1. The first kappa shape index (κ1) is 13.1. The molecule has 1 fully saturated rings. The number of nitrogens with two attached hydrogens (primary N) is 1. The number of halogens is 2. The van der Waals surface area contributed by atoms with Crippen LogP contribution in [0, 0.1) is 0 Å². The maximum Gasteiger partial charge on any atom is 0.147 e. The van der Waals surface area contributed by atoms with Gasteiger partial charge in [0.15, 0.2) is 0 Å². The van der Waals surface area contributed by atoms with E-state index < -0.39 is 0 Å². The van der Waals surface area contributed by atoms with Crippen molar-refractivity contribution in [2.45, 2.75) is 38.3 Å². The molecule has 2 N–H and O–H groups in total. The SMILES string of the molecule is CC1CCCC(CN)N1c1ncc(Br)cc1Cl. The number of hydrogen-bond acceptors (Lipinski definition) is 3. The van der Waals surface area contributed by atoms with Crippen LogP contribution in [-0.2, 0) is 0 Å². The van der Waals surface area contributed by atoms with Crippen molar-refractivity contribution in [1.29, 1.82) is 0 Å². The van der Waals surface area contributed by atoms with E-state index in [0.717, 1.165) is 16.7 Å². The lowest BCUT2D eigenvalue weighted by Gasteiger charge is -2.41. The highest BCUT2D eigenvalue weighted by Crippen LogP contribution is 2.33. The lowest BCUT2D eigenvalue weighted by atomic mass is 9.96. The molecule has 1 aromatic heterocycles. The summed E-state index contributed by atoms with van der Waals surface area (Å²) in [5, 5.41) is 0.687. The minimum atomic E-state index is 0.352. The van der Waals surface area contributed by atoms with Gasteiger partial charge in [-0.2, -0.15) is 0 Å². The zero-order valence-electron chi connectivity index (χ0n) is 9.87. The fraction of sp³-hybridized carbons (Fsp3) is 0.583. The van der Waals surface area contributed by atoms with E-state index in [2.05, 4.69) is 32.7 Å². The first-order valence-corrected chi connectivity index (χ1v) is 7.10. The summed E-state index contributed by atoms with van der Waals surface area (Å²) < 4.78 is 0.903. The molecule has 5 heteroatoms. The van der Waals surface area contributed by atoms with Crippen LogP contribution in [0.5, 0.6) is 0 Å². The Bertz CT molecular complexity index is 399. The second kappa shape index (κ2) is 5.55. The van der Waals surface area contributed by atoms with Crippen molar-refractivity contribution in [3.63, 3.8) is 0 Å². The Morgan fingerprint density at radius 1 is 1.59 bits per heavy atom. The molecule has 0 bridgehead atoms. The molecule has 2 atom stereocenters. The first-order chi connectivity index (χ1) is 8.13. The third-order valence-corrected chi connectivity index (χ3v) is 4.04. The third-order valence-electron chi connectivity index (χ3n) is 3.33. The average Bonchev–Trinajstić information content (AvgIpc) is 2.30. The molecule has 0 aliphatic carbocycles. The smallest absolute Gasteiger partial charge is 0.147 e. The van der Waals surface area contributed by atoms with Crippen LogP contribution in [0.2, 0.25) is 5.02 Å². The minimum absolute atomic E-state index is 0.352. The number of nitrogens with zero attached hydrogens (tertiary/aromatic N) is 2.